The number of carbonyl (C=O) groups excluding carboxylic acids is 2. The predicted octanol–water partition coefficient (Wildman–Crippen LogP) is 2.32. The van der Waals surface area contributed by atoms with Crippen molar-refractivity contribution in [2.24, 2.45) is 0 Å². The van der Waals surface area contributed by atoms with Crippen LogP contribution in [0.4, 0.5) is 28.9 Å². The monoisotopic (exact) mass is 398 g/mol. The molecule has 2 aromatic carbocycles. The number of carbonyl (C=O) groups is 2. The van der Waals surface area contributed by atoms with Gasteiger partial charge in [-0.05, 0) is 43.3 Å². The maximum atomic E-state index is 13.0. The van der Waals surface area contributed by atoms with Gasteiger partial charge in [-0.15, -0.1) is 0 Å². The molecule has 3 N–H and O–H groups in total. The Bertz CT molecular complexity index is 838. The molecule has 0 saturated carbocycles. The van der Waals surface area contributed by atoms with Gasteiger partial charge in [-0.3, -0.25) is 9.59 Å². The average molecular weight is 398 g/mol. The third-order valence-corrected chi connectivity index (χ3v) is 4.19. The van der Waals surface area contributed by atoms with E-state index in [9.17, 15) is 27.2 Å². The van der Waals surface area contributed by atoms with Crippen molar-refractivity contribution in [2.75, 3.05) is 24.2 Å². The summed E-state index contributed by atoms with van der Waals surface area (Å²) in [4.78, 5) is 24.9. The van der Waals surface area contributed by atoms with Crippen molar-refractivity contribution < 1.29 is 32.1 Å². The van der Waals surface area contributed by atoms with Gasteiger partial charge in [-0.25, -0.2) is 4.39 Å². The first-order valence-electron chi connectivity index (χ1n) is 8.42. The van der Waals surface area contributed by atoms with Crippen LogP contribution in [0, 0.1) is 5.82 Å². The van der Waals surface area contributed by atoms with E-state index in [2.05, 4.69) is 10.6 Å². The van der Waals surface area contributed by atoms with Crippen LogP contribution >= 0.6 is 0 Å². The van der Waals surface area contributed by atoms with Gasteiger partial charge in [-0.2, -0.15) is 13.2 Å². The Labute approximate surface area is 159 Å². The van der Waals surface area contributed by atoms with Gasteiger partial charge in [0.05, 0.1) is 18.3 Å². The molecule has 28 heavy (non-hydrogen) atoms. The molecule has 2 rings (SSSR count). The van der Waals surface area contributed by atoms with Gasteiger partial charge in [0, 0.05) is 5.69 Å². The molecule has 2 amide bonds. The first-order valence-corrected chi connectivity index (χ1v) is 8.42. The summed E-state index contributed by atoms with van der Waals surface area (Å²) in [7, 11) is 1.57. The minimum atomic E-state index is -4.59. The fourth-order valence-corrected chi connectivity index (χ4v) is 2.45. The molecular weight excluding hydrogens is 378 g/mol. The van der Waals surface area contributed by atoms with Crippen molar-refractivity contribution >= 4 is 23.2 Å². The van der Waals surface area contributed by atoms with Crippen LogP contribution in [-0.4, -0.2) is 31.4 Å². The van der Waals surface area contributed by atoms with E-state index in [1.165, 1.54) is 42.5 Å². The number of hydrogen-bond acceptors (Lipinski definition) is 2. The van der Waals surface area contributed by atoms with Crippen molar-refractivity contribution in [3.63, 3.8) is 0 Å². The standard InChI is InChI=1S/C19H19F4N3O2/c1-12(18(28)24-14-9-7-13(20)8-10-14)26(2)11-17(27)25-16-6-4-3-5-15(16)19(21,22)23/h3-10,12H,11H2,1-2H3,(H,24,28)(H,25,27)/p+1/t12-/m0/s1. The van der Waals surface area contributed by atoms with E-state index in [1.54, 1.807) is 14.0 Å². The van der Waals surface area contributed by atoms with Crippen LogP contribution in [0.15, 0.2) is 48.5 Å². The lowest BCUT2D eigenvalue weighted by atomic mass is 10.1. The summed E-state index contributed by atoms with van der Waals surface area (Å²) in [5.41, 5.74) is -0.881. The molecule has 9 heteroatoms. The van der Waals surface area contributed by atoms with Gasteiger partial charge in [0.1, 0.15) is 5.82 Å². The molecule has 2 atom stereocenters. The fourth-order valence-electron chi connectivity index (χ4n) is 2.45. The van der Waals surface area contributed by atoms with E-state index >= 15 is 0 Å². The zero-order valence-electron chi connectivity index (χ0n) is 15.2. The highest BCUT2D eigenvalue weighted by atomic mass is 19.4. The molecule has 0 aromatic heterocycles. The molecule has 0 bridgehead atoms. The number of quaternary nitrogens is 1. The molecule has 0 heterocycles. The molecule has 5 nitrogen and oxygen atoms in total. The number of halogens is 4. The summed E-state index contributed by atoms with van der Waals surface area (Å²) >= 11 is 0. The Morgan fingerprint density at radius 3 is 2.25 bits per heavy atom. The molecule has 1 unspecified atom stereocenters. The van der Waals surface area contributed by atoms with E-state index in [0.29, 0.717) is 10.6 Å². The van der Waals surface area contributed by atoms with Gasteiger partial charge in [0.2, 0.25) is 0 Å². The summed E-state index contributed by atoms with van der Waals surface area (Å²) in [5.74, 6) is -1.51. The zero-order valence-corrected chi connectivity index (χ0v) is 15.2. The molecule has 0 spiro atoms. The number of anilines is 2. The highest BCUT2D eigenvalue weighted by Crippen LogP contribution is 2.34. The van der Waals surface area contributed by atoms with E-state index in [4.69, 9.17) is 0 Å². The van der Waals surface area contributed by atoms with Gasteiger partial charge >= 0.3 is 6.18 Å². The Hall–Kier alpha value is -2.94. The van der Waals surface area contributed by atoms with Gasteiger partial charge < -0.3 is 15.5 Å². The number of benzene rings is 2. The predicted molar refractivity (Wildman–Crippen MR) is 96.3 cm³/mol. The summed E-state index contributed by atoms with van der Waals surface area (Å²) in [6, 6.07) is 9.19. The fraction of sp³-hybridized carbons (Fsp3) is 0.263. The molecular formula is C19H20F4N3O2+. The van der Waals surface area contributed by atoms with Crippen molar-refractivity contribution in [1.29, 1.82) is 0 Å². The Morgan fingerprint density at radius 1 is 1.04 bits per heavy atom. The Kier molecular flexibility index (Phi) is 6.74. The number of rotatable bonds is 6. The maximum Gasteiger partial charge on any atom is 0.418 e. The lowest BCUT2D eigenvalue weighted by molar-refractivity contribution is -0.885. The van der Waals surface area contributed by atoms with Gasteiger partial charge in [0.15, 0.2) is 12.6 Å². The molecule has 0 aliphatic carbocycles. The SMILES string of the molecule is C[C@@H](C(=O)Nc1ccc(F)cc1)[NH+](C)CC(=O)Nc1ccccc1C(F)(F)F. The van der Waals surface area contributed by atoms with E-state index < -0.39 is 35.4 Å². The average Bonchev–Trinajstić information content (AvgIpc) is 2.62. The van der Waals surface area contributed by atoms with Crippen LogP contribution in [0.25, 0.3) is 0 Å². The highest BCUT2D eigenvalue weighted by molar-refractivity contribution is 5.94. The number of alkyl halides is 3. The van der Waals surface area contributed by atoms with E-state index in [-0.39, 0.29) is 12.2 Å². The Balaban J connectivity index is 1.96. The molecule has 0 fully saturated rings. The van der Waals surface area contributed by atoms with Crippen LogP contribution in [-0.2, 0) is 15.8 Å². The second-order valence-electron chi connectivity index (χ2n) is 6.33. The van der Waals surface area contributed by atoms with E-state index in [0.717, 1.165) is 6.07 Å². The first-order chi connectivity index (χ1) is 13.1. The lowest BCUT2D eigenvalue weighted by Gasteiger charge is -2.21. The summed E-state index contributed by atoms with van der Waals surface area (Å²) in [5, 5.41) is 4.84. The summed E-state index contributed by atoms with van der Waals surface area (Å²) in [6.07, 6.45) is -4.59. The van der Waals surface area contributed by atoms with Gasteiger partial charge in [0.25, 0.3) is 11.8 Å². The topological polar surface area (TPSA) is 62.6 Å². The van der Waals surface area contributed by atoms with Crippen LogP contribution in [0.3, 0.4) is 0 Å². The zero-order chi connectivity index (χ0) is 20.9. The molecule has 0 aliphatic rings. The minimum absolute atomic E-state index is 0.218. The van der Waals surface area contributed by atoms with Crippen molar-refractivity contribution in [1.82, 2.24) is 0 Å². The van der Waals surface area contributed by atoms with E-state index in [1.807, 2.05) is 0 Å². The first kappa shape index (κ1) is 21.4. The maximum absolute atomic E-state index is 13.0. The van der Waals surface area contributed by atoms with Crippen LogP contribution in [0.5, 0.6) is 0 Å². The number of para-hydroxylation sites is 1. The molecule has 150 valence electrons. The number of nitrogens with one attached hydrogen (secondary N) is 3. The molecule has 0 aliphatic heterocycles. The Morgan fingerprint density at radius 2 is 1.64 bits per heavy atom. The van der Waals surface area contributed by atoms with Gasteiger partial charge in [-0.1, -0.05) is 12.1 Å². The minimum Gasteiger partial charge on any atom is -0.321 e. The molecule has 0 radical (unpaired) electrons. The number of amides is 2. The van der Waals surface area contributed by atoms with Crippen molar-refractivity contribution in [3.8, 4) is 0 Å². The quantitative estimate of drug-likeness (QED) is 0.654. The molecule has 0 saturated heterocycles. The smallest absolute Gasteiger partial charge is 0.321 e. The number of hydrogen-bond donors (Lipinski definition) is 3. The number of likely N-dealkylation sites (N-methyl/N-ethyl adjacent to an activating group) is 1. The third kappa shape index (κ3) is 5.78. The second-order valence-corrected chi connectivity index (χ2v) is 6.33. The molecule has 2 aromatic rings. The normalized spacial score (nSPS) is 13.5. The van der Waals surface area contributed by atoms with Crippen LogP contribution in [0.1, 0.15) is 12.5 Å². The highest BCUT2D eigenvalue weighted by Gasteiger charge is 2.34. The van der Waals surface area contributed by atoms with Crippen molar-refractivity contribution in [3.05, 3.63) is 59.9 Å². The summed E-state index contributed by atoms with van der Waals surface area (Å²) < 4.78 is 51.9. The summed E-state index contributed by atoms with van der Waals surface area (Å²) in [6.45, 7) is 1.36. The van der Waals surface area contributed by atoms with Crippen LogP contribution in [0.2, 0.25) is 0 Å². The lowest BCUT2D eigenvalue weighted by Crippen LogP contribution is -3.14. The third-order valence-electron chi connectivity index (χ3n) is 4.19. The van der Waals surface area contributed by atoms with Crippen molar-refractivity contribution in [2.45, 2.75) is 19.1 Å². The largest absolute Gasteiger partial charge is 0.418 e. The second kappa shape index (κ2) is 8.83. The van der Waals surface area contributed by atoms with Crippen LogP contribution < -0.4 is 15.5 Å².